The summed E-state index contributed by atoms with van der Waals surface area (Å²) in [5, 5.41) is 2.87. The standard InChI is InChI=1S/C20H24N2O4/c1-3-26-17-10-6-14(12-18(17)25-2)7-11-19(23)22-13-15-4-8-16(9-5-15)20(21)24/h4-6,8-10,12H,3,7,11,13H2,1-2H3,(H2,21,24)(H,22,23). The Labute approximate surface area is 153 Å². The molecule has 0 aliphatic rings. The number of benzene rings is 2. The van der Waals surface area contributed by atoms with Crippen LogP contribution in [-0.2, 0) is 17.8 Å². The summed E-state index contributed by atoms with van der Waals surface area (Å²) in [6.45, 7) is 2.89. The van der Waals surface area contributed by atoms with E-state index in [0.29, 0.717) is 43.1 Å². The minimum absolute atomic E-state index is 0.0446. The first kappa shape index (κ1) is 19.3. The maximum Gasteiger partial charge on any atom is 0.248 e. The quantitative estimate of drug-likeness (QED) is 0.722. The third-order valence-corrected chi connectivity index (χ3v) is 3.90. The fourth-order valence-electron chi connectivity index (χ4n) is 2.48. The molecule has 138 valence electrons. The molecule has 0 spiro atoms. The van der Waals surface area contributed by atoms with E-state index in [4.69, 9.17) is 15.2 Å². The highest BCUT2D eigenvalue weighted by Crippen LogP contribution is 2.28. The largest absolute Gasteiger partial charge is 0.493 e. The summed E-state index contributed by atoms with van der Waals surface area (Å²) in [5.74, 6) is 0.852. The number of hydrogen-bond acceptors (Lipinski definition) is 4. The molecule has 0 aromatic heterocycles. The molecule has 2 aromatic rings. The summed E-state index contributed by atoms with van der Waals surface area (Å²) in [6, 6.07) is 12.5. The van der Waals surface area contributed by atoms with E-state index in [2.05, 4.69) is 5.32 Å². The average Bonchev–Trinajstić information content (AvgIpc) is 2.66. The van der Waals surface area contributed by atoms with Crippen molar-refractivity contribution in [1.29, 1.82) is 0 Å². The lowest BCUT2D eigenvalue weighted by Crippen LogP contribution is -2.23. The van der Waals surface area contributed by atoms with Crippen LogP contribution < -0.4 is 20.5 Å². The van der Waals surface area contributed by atoms with Gasteiger partial charge in [0.25, 0.3) is 0 Å². The highest BCUT2D eigenvalue weighted by molar-refractivity contribution is 5.92. The van der Waals surface area contributed by atoms with Crippen molar-refractivity contribution in [3.8, 4) is 11.5 Å². The van der Waals surface area contributed by atoms with Crippen LogP contribution in [-0.4, -0.2) is 25.5 Å². The monoisotopic (exact) mass is 356 g/mol. The van der Waals surface area contributed by atoms with Crippen LogP contribution in [0.3, 0.4) is 0 Å². The first-order valence-electron chi connectivity index (χ1n) is 8.48. The van der Waals surface area contributed by atoms with Gasteiger partial charge < -0.3 is 20.5 Å². The Morgan fingerprint density at radius 3 is 2.35 bits per heavy atom. The van der Waals surface area contributed by atoms with Gasteiger partial charge in [0, 0.05) is 18.5 Å². The predicted octanol–water partition coefficient (Wildman–Crippen LogP) is 2.44. The first-order valence-corrected chi connectivity index (χ1v) is 8.48. The van der Waals surface area contributed by atoms with Crippen molar-refractivity contribution in [2.45, 2.75) is 26.3 Å². The zero-order valence-corrected chi connectivity index (χ0v) is 15.1. The number of nitrogens with two attached hydrogens (primary N) is 1. The van der Waals surface area contributed by atoms with Gasteiger partial charge in [-0.05, 0) is 48.7 Å². The molecule has 6 nitrogen and oxygen atoms in total. The van der Waals surface area contributed by atoms with Crippen LogP contribution in [0.5, 0.6) is 11.5 Å². The van der Waals surface area contributed by atoms with Gasteiger partial charge in [0.05, 0.1) is 13.7 Å². The second-order valence-electron chi connectivity index (χ2n) is 5.76. The molecule has 0 aliphatic heterocycles. The summed E-state index contributed by atoms with van der Waals surface area (Å²) in [4.78, 5) is 23.1. The molecule has 0 radical (unpaired) electrons. The fraction of sp³-hybridized carbons (Fsp3) is 0.300. The fourth-order valence-corrected chi connectivity index (χ4v) is 2.48. The van der Waals surface area contributed by atoms with Gasteiger partial charge in [0.15, 0.2) is 11.5 Å². The van der Waals surface area contributed by atoms with Crippen LogP contribution >= 0.6 is 0 Å². The predicted molar refractivity (Wildman–Crippen MR) is 99.3 cm³/mol. The molecule has 0 saturated heterocycles. The minimum atomic E-state index is -0.466. The van der Waals surface area contributed by atoms with Gasteiger partial charge in [-0.2, -0.15) is 0 Å². The molecule has 0 atom stereocenters. The topological polar surface area (TPSA) is 90.6 Å². The van der Waals surface area contributed by atoms with Gasteiger partial charge in [-0.3, -0.25) is 9.59 Å². The molecule has 0 fully saturated rings. The van der Waals surface area contributed by atoms with E-state index in [1.807, 2.05) is 25.1 Å². The third kappa shape index (κ3) is 5.51. The summed E-state index contributed by atoms with van der Waals surface area (Å²) in [7, 11) is 1.60. The lowest BCUT2D eigenvalue weighted by atomic mass is 10.1. The molecule has 3 N–H and O–H groups in total. The summed E-state index contributed by atoms with van der Waals surface area (Å²) in [5.41, 5.74) is 7.57. The van der Waals surface area contributed by atoms with Gasteiger partial charge in [-0.1, -0.05) is 18.2 Å². The summed E-state index contributed by atoms with van der Waals surface area (Å²) >= 11 is 0. The van der Waals surface area contributed by atoms with Crippen LogP contribution in [0.25, 0.3) is 0 Å². The molecular formula is C20H24N2O4. The number of ether oxygens (including phenoxy) is 2. The Morgan fingerprint density at radius 1 is 1.04 bits per heavy atom. The first-order chi connectivity index (χ1) is 12.5. The van der Waals surface area contributed by atoms with Crippen molar-refractivity contribution in [2.75, 3.05) is 13.7 Å². The summed E-state index contributed by atoms with van der Waals surface area (Å²) < 4.78 is 10.8. The van der Waals surface area contributed by atoms with E-state index in [1.54, 1.807) is 31.4 Å². The maximum atomic E-state index is 12.0. The highest BCUT2D eigenvalue weighted by Gasteiger charge is 2.08. The highest BCUT2D eigenvalue weighted by atomic mass is 16.5. The van der Waals surface area contributed by atoms with Crippen molar-refractivity contribution in [3.05, 3.63) is 59.2 Å². The van der Waals surface area contributed by atoms with Crippen LogP contribution in [0.1, 0.15) is 34.8 Å². The molecule has 2 aromatic carbocycles. The third-order valence-electron chi connectivity index (χ3n) is 3.90. The van der Waals surface area contributed by atoms with Crippen LogP contribution in [0.15, 0.2) is 42.5 Å². The Hall–Kier alpha value is -3.02. The number of hydrogen-bond donors (Lipinski definition) is 2. The summed E-state index contributed by atoms with van der Waals surface area (Å²) in [6.07, 6.45) is 0.978. The van der Waals surface area contributed by atoms with E-state index in [9.17, 15) is 9.59 Å². The van der Waals surface area contributed by atoms with Gasteiger partial charge in [0.2, 0.25) is 11.8 Å². The average molecular weight is 356 g/mol. The van der Waals surface area contributed by atoms with E-state index < -0.39 is 5.91 Å². The van der Waals surface area contributed by atoms with E-state index in [1.165, 1.54) is 0 Å². The van der Waals surface area contributed by atoms with Crippen molar-refractivity contribution in [2.24, 2.45) is 5.73 Å². The van der Waals surface area contributed by atoms with E-state index >= 15 is 0 Å². The molecule has 0 aliphatic carbocycles. The lowest BCUT2D eigenvalue weighted by Gasteiger charge is -2.11. The second kappa shape index (κ2) is 9.46. The van der Waals surface area contributed by atoms with Gasteiger partial charge in [0.1, 0.15) is 0 Å². The molecule has 0 saturated carbocycles. The number of carbonyl (C=O) groups is 2. The minimum Gasteiger partial charge on any atom is -0.493 e. The molecular weight excluding hydrogens is 332 g/mol. The number of carbonyl (C=O) groups excluding carboxylic acids is 2. The normalized spacial score (nSPS) is 10.2. The molecule has 6 heteroatoms. The maximum absolute atomic E-state index is 12.0. The smallest absolute Gasteiger partial charge is 0.248 e. The van der Waals surface area contributed by atoms with Crippen molar-refractivity contribution in [3.63, 3.8) is 0 Å². The Balaban J connectivity index is 1.83. The zero-order valence-electron chi connectivity index (χ0n) is 15.1. The Bertz CT molecular complexity index is 757. The number of primary amides is 1. The SMILES string of the molecule is CCOc1ccc(CCC(=O)NCc2ccc(C(N)=O)cc2)cc1OC. The molecule has 0 bridgehead atoms. The van der Waals surface area contributed by atoms with Crippen LogP contribution in [0.2, 0.25) is 0 Å². The lowest BCUT2D eigenvalue weighted by molar-refractivity contribution is -0.121. The van der Waals surface area contributed by atoms with Crippen LogP contribution in [0.4, 0.5) is 0 Å². The zero-order chi connectivity index (χ0) is 18.9. The van der Waals surface area contributed by atoms with Gasteiger partial charge in [-0.15, -0.1) is 0 Å². The Kier molecular flexibility index (Phi) is 7.02. The van der Waals surface area contributed by atoms with Crippen LogP contribution in [0, 0.1) is 0 Å². The molecule has 0 heterocycles. The number of aryl methyl sites for hydroxylation is 1. The number of amides is 2. The van der Waals surface area contributed by atoms with Crippen molar-refractivity contribution in [1.82, 2.24) is 5.32 Å². The van der Waals surface area contributed by atoms with E-state index in [0.717, 1.165) is 11.1 Å². The number of rotatable bonds is 9. The van der Waals surface area contributed by atoms with Crippen molar-refractivity contribution < 1.29 is 19.1 Å². The molecule has 0 unspecified atom stereocenters. The van der Waals surface area contributed by atoms with Crippen molar-refractivity contribution >= 4 is 11.8 Å². The second-order valence-corrected chi connectivity index (χ2v) is 5.76. The number of methoxy groups -OCH3 is 1. The Morgan fingerprint density at radius 2 is 1.73 bits per heavy atom. The molecule has 2 rings (SSSR count). The van der Waals surface area contributed by atoms with Gasteiger partial charge in [-0.25, -0.2) is 0 Å². The molecule has 2 amide bonds. The molecule has 26 heavy (non-hydrogen) atoms. The number of nitrogens with one attached hydrogen (secondary N) is 1. The van der Waals surface area contributed by atoms with E-state index in [-0.39, 0.29) is 5.91 Å². The van der Waals surface area contributed by atoms with Gasteiger partial charge >= 0.3 is 0 Å².